The molecule has 0 aliphatic heterocycles. The van der Waals surface area contributed by atoms with Crippen LogP contribution in [0.5, 0.6) is 0 Å². The fraction of sp³-hybridized carbons (Fsp3) is 0.500. The summed E-state index contributed by atoms with van der Waals surface area (Å²) in [7, 11) is 0. The zero-order valence-electron chi connectivity index (χ0n) is 24.5. The van der Waals surface area contributed by atoms with Gasteiger partial charge in [0.05, 0.1) is 17.1 Å². The molecule has 0 radical (unpaired) electrons. The fourth-order valence-corrected chi connectivity index (χ4v) is 4.50. The molecule has 0 aliphatic rings. The second-order valence-corrected chi connectivity index (χ2v) is 10.2. The lowest BCUT2D eigenvalue weighted by atomic mass is 10.1. The first kappa shape index (κ1) is 31.5. The Labute approximate surface area is 234 Å². The van der Waals surface area contributed by atoms with Gasteiger partial charge in [-0.1, -0.05) is 126 Å². The van der Waals surface area contributed by atoms with Crippen molar-refractivity contribution in [1.82, 2.24) is 0 Å². The fourth-order valence-electron chi connectivity index (χ4n) is 4.50. The van der Waals surface area contributed by atoms with Crippen LogP contribution < -0.4 is 0 Å². The summed E-state index contributed by atoms with van der Waals surface area (Å²) >= 11 is 0. The smallest absolute Gasteiger partial charge is 0.0665 e. The minimum absolute atomic E-state index is 0.974. The third-order valence-corrected chi connectivity index (χ3v) is 6.79. The van der Waals surface area contributed by atoms with Crippen molar-refractivity contribution in [3.63, 3.8) is 0 Å². The number of hydrogen-bond donors (Lipinski definition) is 0. The summed E-state index contributed by atoms with van der Waals surface area (Å²) in [5.74, 6) is 0. The van der Waals surface area contributed by atoms with Gasteiger partial charge in [0, 0.05) is 6.21 Å². The topological polar surface area (TPSA) is 24.7 Å². The van der Waals surface area contributed by atoms with E-state index in [2.05, 4.69) is 93.6 Å². The first-order chi connectivity index (χ1) is 18.8. The van der Waals surface area contributed by atoms with Crippen LogP contribution in [0, 0.1) is 0 Å². The lowest BCUT2D eigenvalue weighted by molar-refractivity contribution is 0.616. The lowest BCUT2D eigenvalue weighted by Crippen LogP contribution is -2.01. The number of para-hydroxylation sites is 2. The number of aliphatic imine (C=N–C) groups is 2. The van der Waals surface area contributed by atoms with E-state index in [4.69, 9.17) is 9.98 Å². The van der Waals surface area contributed by atoms with Crippen molar-refractivity contribution in [3.05, 3.63) is 84.0 Å². The highest BCUT2D eigenvalue weighted by Gasteiger charge is 2.05. The Kier molecular flexibility index (Phi) is 17.6. The normalized spacial score (nSPS) is 12.4. The molecule has 0 aromatic heterocycles. The number of benzene rings is 2. The maximum atomic E-state index is 5.18. The van der Waals surface area contributed by atoms with Crippen LogP contribution in [0.15, 0.2) is 82.8 Å². The van der Waals surface area contributed by atoms with Crippen LogP contribution >= 0.6 is 0 Å². The van der Waals surface area contributed by atoms with Gasteiger partial charge in [-0.2, -0.15) is 0 Å². The minimum atomic E-state index is 0.974. The minimum Gasteiger partial charge on any atom is -0.255 e. The molecule has 0 fully saturated rings. The Morgan fingerprint density at radius 3 is 1.74 bits per heavy atom. The molecule has 0 saturated heterocycles. The number of unbranched alkanes of at least 4 members (excludes halogenated alkanes) is 7. The van der Waals surface area contributed by atoms with E-state index in [0.717, 1.165) is 62.0 Å². The lowest BCUT2D eigenvalue weighted by Gasteiger charge is -2.08. The standard InChI is InChI=1S/C36H52N2/c1-4-7-10-13-16-19-28-34(38-36-30-23-21-27-33(36)25-18-15-12-9-6-3)31-37-35-29-22-20-26-32(35)24-17-14-11-8-5-2/h11-12,14-15,20-23,26-27,29-31H,4-10,13,16-19,24-25,28H2,1-3H3/b14-11+,15-12+,37-31?,38-34?. The van der Waals surface area contributed by atoms with Crippen molar-refractivity contribution in [2.45, 2.75) is 117 Å². The van der Waals surface area contributed by atoms with Gasteiger partial charge < -0.3 is 0 Å². The van der Waals surface area contributed by atoms with Crippen LogP contribution in [0.25, 0.3) is 0 Å². The first-order valence-corrected chi connectivity index (χ1v) is 15.4. The number of hydrogen-bond acceptors (Lipinski definition) is 2. The average Bonchev–Trinajstić information content (AvgIpc) is 2.94. The third kappa shape index (κ3) is 13.7. The van der Waals surface area contributed by atoms with E-state index in [1.165, 1.54) is 62.5 Å². The number of aryl methyl sites for hydroxylation is 2. The molecule has 2 heteroatoms. The van der Waals surface area contributed by atoms with Crippen LogP contribution in [0.1, 0.15) is 115 Å². The SMILES string of the molecule is CCC/C=C/CCc1ccccc1N=CC(CCCCCCCC)=Nc1ccccc1CC/C=C/CCC. The summed E-state index contributed by atoms with van der Waals surface area (Å²) in [5.41, 5.74) is 5.89. The number of rotatable bonds is 20. The maximum absolute atomic E-state index is 5.18. The summed E-state index contributed by atoms with van der Waals surface area (Å²) in [5, 5.41) is 0. The van der Waals surface area contributed by atoms with E-state index in [1.807, 2.05) is 6.21 Å². The van der Waals surface area contributed by atoms with Gasteiger partial charge in [-0.05, 0) is 74.6 Å². The van der Waals surface area contributed by atoms with Crippen LogP contribution in [0.4, 0.5) is 11.4 Å². The molecule has 0 amide bonds. The highest BCUT2D eigenvalue weighted by Crippen LogP contribution is 2.23. The monoisotopic (exact) mass is 512 g/mol. The zero-order valence-corrected chi connectivity index (χ0v) is 24.5. The van der Waals surface area contributed by atoms with Crippen LogP contribution in [0.3, 0.4) is 0 Å². The van der Waals surface area contributed by atoms with Gasteiger partial charge in [0.15, 0.2) is 0 Å². The van der Waals surface area contributed by atoms with Crippen LogP contribution in [0.2, 0.25) is 0 Å². The summed E-state index contributed by atoms with van der Waals surface area (Å²) < 4.78 is 0. The molecule has 0 heterocycles. The van der Waals surface area contributed by atoms with Crippen molar-refractivity contribution >= 4 is 23.3 Å². The second kappa shape index (κ2) is 21.2. The highest BCUT2D eigenvalue weighted by molar-refractivity contribution is 6.31. The van der Waals surface area contributed by atoms with E-state index >= 15 is 0 Å². The van der Waals surface area contributed by atoms with Crippen molar-refractivity contribution in [2.24, 2.45) is 9.98 Å². The average molecular weight is 513 g/mol. The molecule has 0 unspecified atom stereocenters. The Morgan fingerprint density at radius 1 is 0.579 bits per heavy atom. The van der Waals surface area contributed by atoms with Crippen molar-refractivity contribution in [1.29, 1.82) is 0 Å². The Balaban J connectivity index is 2.18. The van der Waals surface area contributed by atoms with Gasteiger partial charge >= 0.3 is 0 Å². The quantitative estimate of drug-likeness (QED) is 0.0957. The summed E-state index contributed by atoms with van der Waals surface area (Å²) in [6.07, 6.45) is 28.9. The van der Waals surface area contributed by atoms with E-state index in [-0.39, 0.29) is 0 Å². The van der Waals surface area contributed by atoms with Crippen LogP contribution in [-0.2, 0) is 12.8 Å². The molecule has 2 rings (SSSR count). The van der Waals surface area contributed by atoms with E-state index in [0.29, 0.717) is 0 Å². The second-order valence-electron chi connectivity index (χ2n) is 10.2. The molecule has 0 N–H and O–H groups in total. The Hall–Kier alpha value is -2.74. The predicted octanol–water partition coefficient (Wildman–Crippen LogP) is 11.5. The third-order valence-electron chi connectivity index (χ3n) is 6.79. The highest BCUT2D eigenvalue weighted by atomic mass is 14.8. The van der Waals surface area contributed by atoms with Gasteiger partial charge in [-0.15, -0.1) is 0 Å². The molecular formula is C36H52N2. The maximum Gasteiger partial charge on any atom is 0.0665 e. The molecule has 206 valence electrons. The van der Waals surface area contributed by atoms with Gasteiger partial charge in [0.1, 0.15) is 0 Å². The molecule has 0 bridgehead atoms. The van der Waals surface area contributed by atoms with Gasteiger partial charge in [-0.25, -0.2) is 0 Å². The van der Waals surface area contributed by atoms with Crippen LogP contribution in [-0.4, -0.2) is 11.9 Å². The Bertz CT molecular complexity index is 996. The molecule has 0 saturated carbocycles. The molecule has 0 atom stereocenters. The van der Waals surface area contributed by atoms with Crippen molar-refractivity contribution < 1.29 is 0 Å². The van der Waals surface area contributed by atoms with E-state index in [1.54, 1.807) is 0 Å². The van der Waals surface area contributed by atoms with Crippen molar-refractivity contribution in [2.75, 3.05) is 0 Å². The largest absolute Gasteiger partial charge is 0.255 e. The van der Waals surface area contributed by atoms with Gasteiger partial charge in [-0.3, -0.25) is 9.98 Å². The van der Waals surface area contributed by atoms with Gasteiger partial charge in [0.25, 0.3) is 0 Å². The molecule has 0 spiro atoms. The van der Waals surface area contributed by atoms with E-state index < -0.39 is 0 Å². The van der Waals surface area contributed by atoms with E-state index in [9.17, 15) is 0 Å². The Morgan fingerprint density at radius 2 is 1.11 bits per heavy atom. The molecule has 2 aromatic carbocycles. The molecule has 38 heavy (non-hydrogen) atoms. The summed E-state index contributed by atoms with van der Waals surface area (Å²) in [4.78, 5) is 10.2. The first-order valence-electron chi connectivity index (χ1n) is 15.4. The molecule has 2 nitrogen and oxygen atoms in total. The molecule has 2 aromatic rings. The summed E-state index contributed by atoms with van der Waals surface area (Å²) in [6, 6.07) is 17.2. The molecular weight excluding hydrogens is 460 g/mol. The molecule has 0 aliphatic carbocycles. The van der Waals surface area contributed by atoms with Crippen molar-refractivity contribution in [3.8, 4) is 0 Å². The van der Waals surface area contributed by atoms with Gasteiger partial charge in [0.2, 0.25) is 0 Å². The number of allylic oxidation sites excluding steroid dienone is 4. The predicted molar refractivity (Wildman–Crippen MR) is 171 cm³/mol. The number of nitrogens with zero attached hydrogens (tertiary/aromatic N) is 2. The zero-order chi connectivity index (χ0) is 27.1. The summed E-state index contributed by atoms with van der Waals surface area (Å²) in [6.45, 7) is 6.73.